The lowest BCUT2D eigenvalue weighted by Crippen LogP contribution is -2.60. The Balaban J connectivity index is 4.96. The number of hydrogen-bond donors (Lipinski definition) is 2. The molecule has 0 atom stereocenters. The number of ether oxygens (including phenoxy) is 1. The van der Waals surface area contributed by atoms with Crippen LogP contribution in [0.3, 0.4) is 0 Å². The van der Waals surface area contributed by atoms with Crippen molar-refractivity contribution in [3.8, 4) is 0 Å². The Kier molecular flexibility index (Phi) is 5.99. The van der Waals surface area contributed by atoms with Crippen LogP contribution in [0.2, 0.25) is 0 Å². The molecule has 2 N–H and O–H groups in total. The highest BCUT2D eigenvalue weighted by Gasteiger charge is 2.45. The van der Waals surface area contributed by atoms with Gasteiger partial charge in [0.1, 0.15) is 6.54 Å². The topological polar surface area (TPSA) is 95.9 Å². The molecule has 7 nitrogen and oxygen atoms in total. The summed E-state index contributed by atoms with van der Waals surface area (Å²) in [5.41, 5.74) is -2.15. The van der Waals surface area contributed by atoms with E-state index in [2.05, 4.69) is 10.1 Å². The lowest BCUT2D eigenvalue weighted by molar-refractivity contribution is -0.151. The first-order valence-corrected chi connectivity index (χ1v) is 6.37. The molecule has 0 aliphatic carbocycles. The number of carbonyl (C=O) groups excluding carboxylic acids is 2. The van der Waals surface area contributed by atoms with Crippen LogP contribution in [0.25, 0.3) is 0 Å². The molecule has 2 amide bonds. The van der Waals surface area contributed by atoms with Crippen molar-refractivity contribution in [1.29, 1.82) is 0 Å². The SMILES string of the molecule is CCN(CC(=O)OC)C(=O)NC(C)(C)C(C)(C)C(=O)O. The minimum absolute atomic E-state index is 0.178. The summed E-state index contributed by atoms with van der Waals surface area (Å²) in [6, 6.07) is -0.503. The molecule has 0 rings (SSSR count). The second kappa shape index (κ2) is 6.58. The van der Waals surface area contributed by atoms with E-state index in [1.165, 1.54) is 25.9 Å². The molecule has 0 aromatic carbocycles. The molecule has 0 aliphatic rings. The van der Waals surface area contributed by atoms with Crippen LogP contribution in [0, 0.1) is 5.41 Å². The third kappa shape index (κ3) is 4.11. The minimum atomic E-state index is -1.16. The Bertz CT molecular complexity index is 390. The molecular formula is C13H24N2O5. The zero-order valence-electron chi connectivity index (χ0n) is 12.9. The molecule has 0 bridgehead atoms. The van der Waals surface area contributed by atoms with Crippen molar-refractivity contribution in [3.63, 3.8) is 0 Å². The Morgan fingerprint density at radius 1 is 1.20 bits per heavy atom. The van der Waals surface area contributed by atoms with E-state index in [1.54, 1.807) is 20.8 Å². The number of aliphatic carboxylic acids is 1. The van der Waals surface area contributed by atoms with Gasteiger partial charge in [0.2, 0.25) is 0 Å². The van der Waals surface area contributed by atoms with Gasteiger partial charge in [0.15, 0.2) is 0 Å². The van der Waals surface area contributed by atoms with Crippen LogP contribution in [0.5, 0.6) is 0 Å². The Morgan fingerprint density at radius 2 is 1.70 bits per heavy atom. The monoisotopic (exact) mass is 288 g/mol. The van der Waals surface area contributed by atoms with E-state index in [1.807, 2.05) is 0 Å². The number of carbonyl (C=O) groups is 3. The maximum absolute atomic E-state index is 12.1. The quantitative estimate of drug-likeness (QED) is 0.713. The van der Waals surface area contributed by atoms with E-state index in [0.29, 0.717) is 6.54 Å². The molecule has 0 aromatic rings. The normalized spacial score (nSPS) is 11.7. The van der Waals surface area contributed by atoms with Crippen LogP contribution in [0.1, 0.15) is 34.6 Å². The average Bonchev–Trinajstić information content (AvgIpc) is 2.34. The fraction of sp³-hybridized carbons (Fsp3) is 0.769. The van der Waals surface area contributed by atoms with Crippen molar-refractivity contribution in [2.24, 2.45) is 5.41 Å². The number of amides is 2. The van der Waals surface area contributed by atoms with Crippen LogP contribution < -0.4 is 5.32 Å². The number of hydrogen-bond acceptors (Lipinski definition) is 4. The molecule has 0 unspecified atom stereocenters. The van der Waals surface area contributed by atoms with E-state index < -0.39 is 28.9 Å². The van der Waals surface area contributed by atoms with Gasteiger partial charge in [-0.25, -0.2) is 4.79 Å². The fourth-order valence-corrected chi connectivity index (χ4v) is 1.32. The van der Waals surface area contributed by atoms with Crippen LogP contribution in [0.15, 0.2) is 0 Å². The molecule has 0 heterocycles. The number of methoxy groups -OCH3 is 1. The molecule has 0 aromatic heterocycles. The highest BCUT2D eigenvalue weighted by Crippen LogP contribution is 2.30. The Hall–Kier alpha value is -1.79. The van der Waals surface area contributed by atoms with E-state index in [0.717, 1.165) is 0 Å². The zero-order valence-corrected chi connectivity index (χ0v) is 12.9. The molecule has 0 aliphatic heterocycles. The molecular weight excluding hydrogens is 264 g/mol. The number of carboxylic acid groups (broad SMARTS) is 1. The summed E-state index contributed by atoms with van der Waals surface area (Å²) in [7, 11) is 1.24. The summed E-state index contributed by atoms with van der Waals surface area (Å²) in [6.45, 7) is 8.18. The molecule has 7 heteroatoms. The first-order chi connectivity index (χ1) is 8.99. The highest BCUT2D eigenvalue weighted by molar-refractivity contribution is 5.83. The molecule has 20 heavy (non-hydrogen) atoms. The van der Waals surface area contributed by atoms with Gasteiger partial charge >= 0.3 is 18.0 Å². The highest BCUT2D eigenvalue weighted by atomic mass is 16.5. The van der Waals surface area contributed by atoms with Crippen molar-refractivity contribution >= 4 is 18.0 Å². The minimum Gasteiger partial charge on any atom is -0.481 e. The van der Waals surface area contributed by atoms with Gasteiger partial charge in [-0.1, -0.05) is 0 Å². The van der Waals surface area contributed by atoms with E-state index in [9.17, 15) is 19.5 Å². The summed E-state index contributed by atoms with van der Waals surface area (Å²) in [6.07, 6.45) is 0. The number of rotatable bonds is 6. The molecule has 0 fully saturated rings. The standard InChI is InChI=1S/C13H24N2O5/c1-7-15(8-9(16)20-6)11(19)14-13(4,5)12(2,3)10(17)18/h7-8H2,1-6H3,(H,14,19)(H,17,18). The smallest absolute Gasteiger partial charge is 0.325 e. The van der Waals surface area contributed by atoms with Gasteiger partial charge in [0.25, 0.3) is 0 Å². The summed E-state index contributed by atoms with van der Waals surface area (Å²) in [5.74, 6) is -1.55. The number of nitrogens with one attached hydrogen (secondary N) is 1. The number of likely N-dealkylation sites (N-methyl/N-ethyl adjacent to an activating group) is 1. The first-order valence-electron chi connectivity index (χ1n) is 6.37. The van der Waals surface area contributed by atoms with Gasteiger partial charge in [0.05, 0.1) is 18.1 Å². The molecule has 0 radical (unpaired) electrons. The van der Waals surface area contributed by atoms with Gasteiger partial charge in [-0.3, -0.25) is 9.59 Å². The van der Waals surface area contributed by atoms with Crippen LogP contribution in [0.4, 0.5) is 4.79 Å². The Morgan fingerprint density at radius 3 is 2.05 bits per heavy atom. The van der Waals surface area contributed by atoms with Gasteiger partial charge < -0.3 is 20.1 Å². The number of esters is 1. The van der Waals surface area contributed by atoms with E-state index in [4.69, 9.17) is 0 Å². The Labute approximate surface area is 119 Å². The second-order valence-electron chi connectivity index (χ2n) is 5.58. The lowest BCUT2D eigenvalue weighted by Gasteiger charge is -2.40. The number of urea groups is 1. The lowest BCUT2D eigenvalue weighted by atomic mass is 9.74. The predicted molar refractivity (Wildman–Crippen MR) is 73.3 cm³/mol. The second-order valence-corrected chi connectivity index (χ2v) is 5.58. The van der Waals surface area contributed by atoms with Gasteiger partial charge in [-0.15, -0.1) is 0 Å². The molecule has 0 saturated carbocycles. The van der Waals surface area contributed by atoms with Crippen molar-refractivity contribution in [1.82, 2.24) is 10.2 Å². The van der Waals surface area contributed by atoms with E-state index in [-0.39, 0.29) is 6.54 Å². The molecule has 116 valence electrons. The summed E-state index contributed by atoms with van der Waals surface area (Å²) >= 11 is 0. The zero-order chi connectivity index (χ0) is 16.1. The number of carboxylic acids is 1. The largest absolute Gasteiger partial charge is 0.481 e. The van der Waals surface area contributed by atoms with Crippen LogP contribution in [-0.2, 0) is 14.3 Å². The summed E-state index contributed by atoms with van der Waals surface area (Å²) in [4.78, 5) is 35.9. The van der Waals surface area contributed by atoms with Crippen molar-refractivity contribution in [3.05, 3.63) is 0 Å². The van der Waals surface area contributed by atoms with Gasteiger partial charge in [0, 0.05) is 6.54 Å². The first kappa shape index (κ1) is 18.2. The van der Waals surface area contributed by atoms with E-state index >= 15 is 0 Å². The van der Waals surface area contributed by atoms with Crippen LogP contribution >= 0.6 is 0 Å². The third-order valence-electron chi connectivity index (χ3n) is 3.73. The summed E-state index contributed by atoms with van der Waals surface area (Å²) < 4.78 is 4.51. The summed E-state index contributed by atoms with van der Waals surface area (Å²) in [5, 5.41) is 11.9. The molecule has 0 saturated heterocycles. The third-order valence-corrected chi connectivity index (χ3v) is 3.73. The number of nitrogens with zero attached hydrogens (tertiary/aromatic N) is 1. The average molecular weight is 288 g/mol. The predicted octanol–water partition coefficient (Wildman–Crippen LogP) is 1.08. The molecule has 0 spiro atoms. The van der Waals surface area contributed by atoms with Crippen LogP contribution in [-0.4, -0.2) is 53.7 Å². The van der Waals surface area contributed by atoms with Gasteiger partial charge in [-0.2, -0.15) is 0 Å². The van der Waals surface area contributed by atoms with Crippen molar-refractivity contribution in [2.75, 3.05) is 20.2 Å². The fourth-order valence-electron chi connectivity index (χ4n) is 1.32. The van der Waals surface area contributed by atoms with Gasteiger partial charge in [-0.05, 0) is 34.6 Å². The van der Waals surface area contributed by atoms with Crippen molar-refractivity contribution in [2.45, 2.75) is 40.2 Å². The van der Waals surface area contributed by atoms with Crippen molar-refractivity contribution < 1.29 is 24.2 Å². The maximum atomic E-state index is 12.1. The maximum Gasteiger partial charge on any atom is 0.325 e.